The fourth-order valence-electron chi connectivity index (χ4n) is 1.07. The maximum absolute atomic E-state index is 11.7. The Balaban J connectivity index is 4.08. The molecule has 0 rings (SSSR count). The first kappa shape index (κ1) is 14.3. The molecule has 0 aliphatic rings. The molecule has 0 aliphatic heterocycles. The van der Waals surface area contributed by atoms with Gasteiger partial charge < -0.3 is 27.2 Å². The fraction of sp³-hybridized carbons (Fsp3) is 0.889. The zero-order valence-corrected chi connectivity index (χ0v) is 9.25. The van der Waals surface area contributed by atoms with Crippen LogP contribution in [0, 0.1) is 5.41 Å². The first-order valence-corrected chi connectivity index (χ1v) is 5.10. The van der Waals surface area contributed by atoms with Crippen molar-refractivity contribution in [3.05, 3.63) is 0 Å². The molecule has 0 radical (unpaired) electrons. The van der Waals surface area contributed by atoms with Crippen LogP contribution in [0.4, 0.5) is 0 Å². The number of nitrogens with one attached hydrogen (secondary N) is 2. The lowest BCUT2D eigenvalue weighted by atomic mass is 9.90. The Kier molecular flexibility index (Phi) is 7.23. The second kappa shape index (κ2) is 7.58. The van der Waals surface area contributed by atoms with Crippen LogP contribution in [0.3, 0.4) is 0 Å². The minimum atomic E-state index is -0.815. The molecule has 0 bridgehead atoms. The first-order valence-electron chi connectivity index (χ1n) is 5.10. The molecular weight excluding hydrogens is 196 g/mol. The molecule has 0 saturated heterocycles. The van der Waals surface area contributed by atoms with Gasteiger partial charge in [-0.15, -0.1) is 0 Å². The van der Waals surface area contributed by atoms with Gasteiger partial charge in [-0.2, -0.15) is 0 Å². The molecule has 0 aliphatic carbocycles. The number of rotatable bonds is 8. The minimum absolute atomic E-state index is 0.194. The van der Waals surface area contributed by atoms with E-state index in [0.29, 0.717) is 32.7 Å². The molecular formula is C9H22N4O2. The van der Waals surface area contributed by atoms with Crippen LogP contribution in [0.5, 0.6) is 0 Å². The molecule has 90 valence electrons. The van der Waals surface area contributed by atoms with Crippen molar-refractivity contribution in [1.29, 1.82) is 0 Å². The van der Waals surface area contributed by atoms with Crippen molar-refractivity contribution in [2.75, 3.05) is 39.3 Å². The van der Waals surface area contributed by atoms with Gasteiger partial charge in [0, 0.05) is 32.7 Å². The maximum Gasteiger partial charge on any atom is 0.229 e. The van der Waals surface area contributed by atoms with E-state index in [0.717, 1.165) is 0 Å². The minimum Gasteiger partial charge on any atom is -0.395 e. The Bertz CT molecular complexity index is 189. The average Bonchev–Trinajstić information content (AvgIpc) is 2.25. The Morgan fingerprint density at radius 1 is 1.33 bits per heavy atom. The molecule has 7 N–H and O–H groups in total. The molecule has 6 heteroatoms. The summed E-state index contributed by atoms with van der Waals surface area (Å²) in [6.07, 6.45) is 0. The van der Waals surface area contributed by atoms with Gasteiger partial charge in [0.1, 0.15) is 0 Å². The highest BCUT2D eigenvalue weighted by Gasteiger charge is 2.31. The van der Waals surface area contributed by atoms with Crippen molar-refractivity contribution in [1.82, 2.24) is 10.6 Å². The topological polar surface area (TPSA) is 113 Å². The number of hydrogen-bond donors (Lipinski definition) is 5. The summed E-state index contributed by atoms with van der Waals surface area (Å²) < 4.78 is 0. The summed E-state index contributed by atoms with van der Waals surface area (Å²) in [7, 11) is 0. The van der Waals surface area contributed by atoms with Crippen LogP contribution in [0.1, 0.15) is 6.92 Å². The SMILES string of the molecule is C[C@@](CO)(CNCCN)C(=O)NCCN. The van der Waals surface area contributed by atoms with E-state index in [1.54, 1.807) is 6.92 Å². The molecule has 1 atom stereocenters. The lowest BCUT2D eigenvalue weighted by Gasteiger charge is -2.26. The Morgan fingerprint density at radius 2 is 1.93 bits per heavy atom. The maximum atomic E-state index is 11.7. The largest absolute Gasteiger partial charge is 0.395 e. The van der Waals surface area contributed by atoms with Crippen molar-refractivity contribution in [2.45, 2.75) is 6.92 Å². The van der Waals surface area contributed by atoms with Crippen molar-refractivity contribution in [3.63, 3.8) is 0 Å². The Hall–Kier alpha value is -0.690. The van der Waals surface area contributed by atoms with Crippen LogP contribution in [0.2, 0.25) is 0 Å². The van der Waals surface area contributed by atoms with Crippen LogP contribution in [-0.2, 0) is 4.79 Å². The Morgan fingerprint density at radius 3 is 2.40 bits per heavy atom. The lowest BCUT2D eigenvalue weighted by molar-refractivity contribution is -0.132. The van der Waals surface area contributed by atoms with Crippen molar-refractivity contribution in [2.24, 2.45) is 16.9 Å². The number of aliphatic hydroxyl groups is 1. The third-order valence-corrected chi connectivity index (χ3v) is 2.16. The monoisotopic (exact) mass is 218 g/mol. The molecule has 0 saturated carbocycles. The van der Waals surface area contributed by atoms with E-state index >= 15 is 0 Å². The van der Waals surface area contributed by atoms with E-state index in [-0.39, 0.29) is 12.5 Å². The molecule has 1 amide bonds. The molecule has 0 spiro atoms. The van der Waals surface area contributed by atoms with E-state index in [1.165, 1.54) is 0 Å². The molecule has 0 unspecified atom stereocenters. The zero-order chi connectivity index (χ0) is 11.7. The van der Waals surface area contributed by atoms with Crippen molar-refractivity contribution >= 4 is 5.91 Å². The van der Waals surface area contributed by atoms with E-state index in [9.17, 15) is 9.90 Å². The molecule has 0 fully saturated rings. The van der Waals surface area contributed by atoms with Gasteiger partial charge in [-0.3, -0.25) is 4.79 Å². The van der Waals surface area contributed by atoms with Crippen LogP contribution < -0.4 is 22.1 Å². The number of hydrogen-bond acceptors (Lipinski definition) is 5. The molecule has 0 aromatic carbocycles. The standard InChI is InChI=1S/C9H22N4O2/c1-9(7-14,6-12-4-2-10)8(15)13-5-3-11/h12,14H,2-7,10-11H2,1H3,(H,13,15)/t9-/m0/s1. The second-order valence-corrected chi connectivity index (χ2v) is 3.73. The third kappa shape index (κ3) is 5.08. The van der Waals surface area contributed by atoms with Crippen molar-refractivity contribution in [3.8, 4) is 0 Å². The molecule has 15 heavy (non-hydrogen) atoms. The van der Waals surface area contributed by atoms with Gasteiger partial charge >= 0.3 is 0 Å². The highest BCUT2D eigenvalue weighted by molar-refractivity contribution is 5.82. The first-order chi connectivity index (χ1) is 7.10. The van der Waals surface area contributed by atoms with Crippen LogP contribution in [-0.4, -0.2) is 50.3 Å². The summed E-state index contributed by atoms with van der Waals surface area (Å²) in [5, 5.41) is 14.9. The smallest absolute Gasteiger partial charge is 0.229 e. The Labute approximate surface area is 90.4 Å². The number of aliphatic hydroxyl groups excluding tert-OH is 1. The molecule has 0 heterocycles. The van der Waals surface area contributed by atoms with Gasteiger partial charge in [-0.05, 0) is 6.92 Å². The van der Waals surface area contributed by atoms with E-state index < -0.39 is 5.41 Å². The number of carbonyl (C=O) groups excluding carboxylic acids is 1. The molecule has 6 nitrogen and oxygen atoms in total. The van der Waals surface area contributed by atoms with E-state index in [2.05, 4.69) is 10.6 Å². The summed E-state index contributed by atoms with van der Waals surface area (Å²) in [6, 6.07) is 0. The van der Waals surface area contributed by atoms with E-state index in [4.69, 9.17) is 11.5 Å². The predicted octanol–water partition coefficient (Wildman–Crippen LogP) is -2.39. The van der Waals surface area contributed by atoms with Gasteiger partial charge in [-0.25, -0.2) is 0 Å². The number of carbonyl (C=O) groups is 1. The normalized spacial score (nSPS) is 14.7. The van der Waals surface area contributed by atoms with E-state index in [1.807, 2.05) is 0 Å². The summed E-state index contributed by atoms with van der Waals surface area (Å²) in [6.45, 7) is 3.83. The number of nitrogens with two attached hydrogens (primary N) is 2. The zero-order valence-electron chi connectivity index (χ0n) is 9.25. The predicted molar refractivity (Wildman–Crippen MR) is 59.2 cm³/mol. The summed E-state index contributed by atoms with van der Waals surface area (Å²) in [5.41, 5.74) is 9.77. The molecule has 0 aromatic heterocycles. The number of amides is 1. The third-order valence-electron chi connectivity index (χ3n) is 2.16. The van der Waals surface area contributed by atoms with Gasteiger partial charge in [0.15, 0.2) is 0 Å². The second-order valence-electron chi connectivity index (χ2n) is 3.73. The van der Waals surface area contributed by atoms with Gasteiger partial charge in [-0.1, -0.05) is 0 Å². The summed E-state index contributed by atoms with van der Waals surface area (Å²) in [5.74, 6) is -0.194. The van der Waals surface area contributed by atoms with Crippen LogP contribution in [0.25, 0.3) is 0 Å². The summed E-state index contributed by atoms with van der Waals surface area (Å²) >= 11 is 0. The van der Waals surface area contributed by atoms with Crippen molar-refractivity contribution < 1.29 is 9.90 Å². The summed E-state index contributed by atoms with van der Waals surface area (Å²) in [4.78, 5) is 11.7. The quantitative estimate of drug-likeness (QED) is 0.292. The highest BCUT2D eigenvalue weighted by atomic mass is 16.3. The van der Waals surface area contributed by atoms with Crippen LogP contribution in [0.15, 0.2) is 0 Å². The van der Waals surface area contributed by atoms with Gasteiger partial charge in [0.25, 0.3) is 0 Å². The van der Waals surface area contributed by atoms with Gasteiger partial charge in [0.2, 0.25) is 5.91 Å². The molecule has 0 aromatic rings. The lowest BCUT2D eigenvalue weighted by Crippen LogP contribution is -2.49. The van der Waals surface area contributed by atoms with Crippen LogP contribution >= 0.6 is 0 Å². The highest BCUT2D eigenvalue weighted by Crippen LogP contribution is 2.13. The van der Waals surface area contributed by atoms with Gasteiger partial charge in [0.05, 0.1) is 12.0 Å². The average molecular weight is 218 g/mol. The fourth-order valence-corrected chi connectivity index (χ4v) is 1.07.